The van der Waals surface area contributed by atoms with Gasteiger partial charge in [0, 0.05) is 12.3 Å². The van der Waals surface area contributed by atoms with Gasteiger partial charge in [-0.3, -0.25) is 9.79 Å². The van der Waals surface area contributed by atoms with Crippen LogP contribution < -0.4 is 15.9 Å². The molecule has 1 unspecified atom stereocenters. The number of fused-ring (bicyclic) bond motifs is 1. The third-order valence-electron chi connectivity index (χ3n) is 3.32. The van der Waals surface area contributed by atoms with Crippen LogP contribution in [0, 0.1) is 0 Å². The van der Waals surface area contributed by atoms with Crippen LogP contribution >= 0.6 is 23.1 Å². The Kier molecular flexibility index (Phi) is 4.18. The molecule has 21 heavy (non-hydrogen) atoms. The molecule has 1 aromatic carbocycles. The van der Waals surface area contributed by atoms with Gasteiger partial charge in [-0.15, -0.1) is 0 Å². The van der Waals surface area contributed by atoms with E-state index in [0.29, 0.717) is 10.7 Å². The fourth-order valence-corrected chi connectivity index (χ4v) is 3.98. The van der Waals surface area contributed by atoms with Gasteiger partial charge in [-0.25, -0.2) is 0 Å². The largest absolute Gasteiger partial charge is 0.506 e. The minimum atomic E-state index is -0.145. The quantitative estimate of drug-likeness (QED) is 0.611. The van der Waals surface area contributed by atoms with Crippen LogP contribution in [0.15, 0.2) is 21.9 Å². The number of benzene rings is 1. The van der Waals surface area contributed by atoms with Crippen molar-refractivity contribution >= 4 is 38.5 Å². The van der Waals surface area contributed by atoms with E-state index < -0.39 is 0 Å². The Morgan fingerprint density at radius 2 is 2.38 bits per heavy atom. The van der Waals surface area contributed by atoms with Crippen LogP contribution in [-0.2, 0) is 6.42 Å². The van der Waals surface area contributed by atoms with E-state index >= 15 is 0 Å². The van der Waals surface area contributed by atoms with Crippen molar-refractivity contribution in [3.8, 4) is 5.75 Å². The molecule has 5 N–H and O–H groups in total. The number of rotatable bonds is 5. The van der Waals surface area contributed by atoms with E-state index in [9.17, 15) is 9.90 Å². The van der Waals surface area contributed by atoms with E-state index in [1.165, 1.54) is 0 Å². The summed E-state index contributed by atoms with van der Waals surface area (Å²) in [6.45, 7) is 1.60. The predicted octanol–water partition coefficient (Wildman–Crippen LogP) is 0.857. The van der Waals surface area contributed by atoms with Crippen molar-refractivity contribution in [2.24, 2.45) is 10.7 Å². The fraction of sp³-hybridized carbons (Fsp3) is 0.385. The number of aromatic hydroxyl groups is 1. The second-order valence-corrected chi connectivity index (χ2v) is 6.87. The first-order chi connectivity index (χ1) is 10.1. The zero-order valence-electron chi connectivity index (χ0n) is 11.3. The number of nitrogens with zero attached hydrogens (tertiary/aromatic N) is 1. The van der Waals surface area contributed by atoms with E-state index in [1.807, 2.05) is 6.07 Å². The average Bonchev–Trinajstić information content (AvgIpc) is 3.03. The second-order valence-electron chi connectivity index (χ2n) is 4.85. The molecule has 3 rings (SSSR count). The SMILES string of the molecule is NC1=NC(CNCCc2ccc(O)c3[nH]c(=O)sc23)CS1. The summed E-state index contributed by atoms with van der Waals surface area (Å²) in [5.74, 6) is 1.05. The van der Waals surface area contributed by atoms with Crippen LogP contribution in [0.5, 0.6) is 5.75 Å². The maximum absolute atomic E-state index is 11.4. The standard InChI is InChI=1S/C13H16N4O2S2/c14-12-16-8(6-20-12)5-15-4-3-7-1-2-9(18)10-11(7)21-13(19)17-10/h1-2,8,15,18H,3-6H2,(H2,14,16)(H,17,19). The number of amidine groups is 1. The highest BCUT2D eigenvalue weighted by molar-refractivity contribution is 8.14. The summed E-state index contributed by atoms with van der Waals surface area (Å²) in [7, 11) is 0. The van der Waals surface area contributed by atoms with Crippen molar-refractivity contribution in [3.05, 3.63) is 27.4 Å². The van der Waals surface area contributed by atoms with Gasteiger partial charge in [0.25, 0.3) is 0 Å². The molecule has 0 radical (unpaired) electrons. The molecular weight excluding hydrogens is 308 g/mol. The molecule has 2 aromatic rings. The van der Waals surface area contributed by atoms with Gasteiger partial charge in [0.1, 0.15) is 11.3 Å². The molecule has 0 aliphatic carbocycles. The summed E-state index contributed by atoms with van der Waals surface area (Å²) in [6.07, 6.45) is 0.795. The van der Waals surface area contributed by atoms with Gasteiger partial charge >= 0.3 is 4.87 Å². The number of aromatic nitrogens is 1. The van der Waals surface area contributed by atoms with Gasteiger partial charge < -0.3 is 21.1 Å². The lowest BCUT2D eigenvalue weighted by Crippen LogP contribution is -2.27. The Hall–Kier alpha value is -1.51. The zero-order valence-corrected chi connectivity index (χ0v) is 12.9. The van der Waals surface area contributed by atoms with Crippen LogP contribution in [0.25, 0.3) is 10.2 Å². The van der Waals surface area contributed by atoms with Crippen molar-refractivity contribution < 1.29 is 5.11 Å². The first-order valence-electron chi connectivity index (χ1n) is 6.64. The van der Waals surface area contributed by atoms with E-state index in [0.717, 1.165) is 46.9 Å². The molecule has 0 saturated heterocycles. The number of nitrogens with two attached hydrogens (primary N) is 1. The molecule has 1 aliphatic heterocycles. The van der Waals surface area contributed by atoms with E-state index in [2.05, 4.69) is 15.3 Å². The van der Waals surface area contributed by atoms with Crippen molar-refractivity contribution in [2.45, 2.75) is 12.5 Å². The number of nitrogens with one attached hydrogen (secondary N) is 2. The highest BCUT2D eigenvalue weighted by atomic mass is 32.2. The smallest absolute Gasteiger partial charge is 0.305 e. The Morgan fingerprint density at radius 1 is 1.52 bits per heavy atom. The number of aliphatic imine (C=N–C) groups is 1. The van der Waals surface area contributed by atoms with Crippen molar-refractivity contribution in [2.75, 3.05) is 18.8 Å². The molecule has 1 aliphatic rings. The van der Waals surface area contributed by atoms with Gasteiger partial charge in [-0.2, -0.15) is 0 Å². The Morgan fingerprint density at radius 3 is 3.14 bits per heavy atom. The monoisotopic (exact) mass is 324 g/mol. The molecule has 2 heterocycles. The number of hydrogen-bond acceptors (Lipinski definition) is 7. The fourth-order valence-electron chi connectivity index (χ4n) is 2.30. The molecule has 0 amide bonds. The molecule has 1 atom stereocenters. The highest BCUT2D eigenvalue weighted by Crippen LogP contribution is 2.27. The third-order valence-corrected chi connectivity index (χ3v) is 5.23. The molecule has 1 aromatic heterocycles. The lowest BCUT2D eigenvalue weighted by Gasteiger charge is -2.08. The van der Waals surface area contributed by atoms with Gasteiger partial charge in [-0.1, -0.05) is 29.2 Å². The van der Waals surface area contributed by atoms with Gasteiger partial charge in [0.2, 0.25) is 0 Å². The zero-order chi connectivity index (χ0) is 14.8. The third kappa shape index (κ3) is 3.22. The number of H-pyrrole nitrogens is 1. The topological polar surface area (TPSA) is 104 Å². The molecule has 112 valence electrons. The van der Waals surface area contributed by atoms with Crippen molar-refractivity contribution in [1.29, 1.82) is 0 Å². The molecule has 6 nitrogen and oxygen atoms in total. The molecule has 0 saturated carbocycles. The molecule has 8 heteroatoms. The van der Waals surface area contributed by atoms with Crippen molar-refractivity contribution in [3.63, 3.8) is 0 Å². The van der Waals surface area contributed by atoms with Crippen LogP contribution in [0.3, 0.4) is 0 Å². The molecule has 0 bridgehead atoms. The summed E-state index contributed by atoms with van der Waals surface area (Å²) < 4.78 is 0.834. The normalized spacial score (nSPS) is 18.3. The van der Waals surface area contributed by atoms with Crippen LogP contribution in [0.1, 0.15) is 5.56 Å². The average molecular weight is 324 g/mol. The maximum Gasteiger partial charge on any atom is 0.305 e. The minimum Gasteiger partial charge on any atom is -0.506 e. The van der Waals surface area contributed by atoms with Crippen LogP contribution in [0.4, 0.5) is 0 Å². The number of aromatic amines is 1. The summed E-state index contributed by atoms with van der Waals surface area (Å²) in [6, 6.07) is 3.74. The second kappa shape index (κ2) is 6.08. The number of hydrogen-bond donors (Lipinski definition) is 4. The number of thioether (sulfide) groups is 1. The predicted molar refractivity (Wildman–Crippen MR) is 88.6 cm³/mol. The number of phenols is 1. The van der Waals surface area contributed by atoms with E-state index in [-0.39, 0.29) is 16.7 Å². The van der Waals surface area contributed by atoms with Gasteiger partial charge in [0.15, 0.2) is 5.17 Å². The first-order valence-corrected chi connectivity index (χ1v) is 8.44. The Labute approximate surface area is 129 Å². The summed E-state index contributed by atoms with van der Waals surface area (Å²) in [5, 5.41) is 13.8. The highest BCUT2D eigenvalue weighted by Gasteiger charge is 2.15. The molecule has 0 fully saturated rings. The van der Waals surface area contributed by atoms with Crippen molar-refractivity contribution in [1.82, 2.24) is 10.3 Å². The Balaban J connectivity index is 1.61. The lowest BCUT2D eigenvalue weighted by molar-refractivity contribution is 0.480. The summed E-state index contributed by atoms with van der Waals surface area (Å²) >= 11 is 2.72. The molecular formula is C13H16N4O2S2. The molecule has 0 spiro atoms. The Bertz CT molecular complexity index is 737. The van der Waals surface area contributed by atoms with Crippen LogP contribution in [0.2, 0.25) is 0 Å². The minimum absolute atomic E-state index is 0.118. The number of phenolic OH excluding ortho intramolecular Hbond substituents is 1. The van der Waals surface area contributed by atoms with Crippen LogP contribution in [-0.4, -0.2) is 40.1 Å². The summed E-state index contributed by atoms with van der Waals surface area (Å²) in [5.41, 5.74) is 7.22. The summed E-state index contributed by atoms with van der Waals surface area (Å²) in [4.78, 5) is 18.3. The first kappa shape index (κ1) is 14.4. The maximum atomic E-state index is 11.4. The van der Waals surface area contributed by atoms with E-state index in [4.69, 9.17) is 5.73 Å². The van der Waals surface area contributed by atoms with E-state index in [1.54, 1.807) is 17.8 Å². The van der Waals surface area contributed by atoms with Gasteiger partial charge in [-0.05, 0) is 24.6 Å². The number of thiazole rings is 1. The van der Waals surface area contributed by atoms with Gasteiger partial charge in [0.05, 0.1) is 10.7 Å². The lowest BCUT2D eigenvalue weighted by atomic mass is 10.1.